The SMILES string of the molecule is NC1COP(=O)(O)C(F)C1. The zero-order valence-corrected chi connectivity index (χ0v) is 6.13. The van der Waals surface area contributed by atoms with Crippen LogP contribution in [0.2, 0.25) is 0 Å². The van der Waals surface area contributed by atoms with Crippen molar-refractivity contribution in [1.29, 1.82) is 0 Å². The van der Waals surface area contributed by atoms with Crippen LogP contribution in [0.4, 0.5) is 4.39 Å². The molecular formula is C4H9FNO3P. The topological polar surface area (TPSA) is 72.5 Å². The van der Waals surface area contributed by atoms with E-state index in [4.69, 9.17) is 10.6 Å². The van der Waals surface area contributed by atoms with E-state index in [1.807, 2.05) is 0 Å². The van der Waals surface area contributed by atoms with Gasteiger partial charge in [-0.15, -0.1) is 0 Å². The molecular weight excluding hydrogens is 160 g/mol. The van der Waals surface area contributed by atoms with E-state index >= 15 is 0 Å². The molecule has 0 aromatic heterocycles. The van der Waals surface area contributed by atoms with Gasteiger partial charge in [-0.2, -0.15) is 0 Å². The Hall–Kier alpha value is 0.0400. The average molecular weight is 169 g/mol. The lowest BCUT2D eigenvalue weighted by molar-refractivity contribution is 0.164. The van der Waals surface area contributed by atoms with Gasteiger partial charge in [0.1, 0.15) is 0 Å². The second-order valence-electron chi connectivity index (χ2n) is 2.29. The average Bonchev–Trinajstić information content (AvgIpc) is 1.81. The smallest absolute Gasteiger partial charge is 0.326 e. The highest BCUT2D eigenvalue weighted by molar-refractivity contribution is 7.53. The van der Waals surface area contributed by atoms with E-state index in [9.17, 15) is 8.96 Å². The fourth-order valence-electron chi connectivity index (χ4n) is 0.734. The van der Waals surface area contributed by atoms with E-state index in [1.54, 1.807) is 0 Å². The second-order valence-corrected chi connectivity index (χ2v) is 4.24. The summed E-state index contributed by atoms with van der Waals surface area (Å²) in [6.07, 6.45) is -0.0895. The lowest BCUT2D eigenvalue weighted by Crippen LogP contribution is -2.34. The summed E-state index contributed by atoms with van der Waals surface area (Å²) in [4.78, 5) is 8.66. The summed E-state index contributed by atoms with van der Waals surface area (Å²) in [7, 11) is -3.96. The summed E-state index contributed by atoms with van der Waals surface area (Å²) >= 11 is 0. The number of alkyl halides is 1. The molecule has 3 atom stereocenters. The summed E-state index contributed by atoms with van der Waals surface area (Å²) in [5.74, 6) is -1.81. The Morgan fingerprint density at radius 2 is 2.40 bits per heavy atom. The largest absolute Gasteiger partial charge is 0.362 e. The molecule has 1 saturated heterocycles. The maximum absolute atomic E-state index is 12.5. The first-order chi connectivity index (χ1) is 4.52. The first kappa shape index (κ1) is 8.14. The number of rotatable bonds is 0. The van der Waals surface area contributed by atoms with Gasteiger partial charge in [-0.1, -0.05) is 0 Å². The molecule has 3 N–H and O–H groups in total. The fourth-order valence-corrected chi connectivity index (χ4v) is 1.84. The maximum Gasteiger partial charge on any atom is 0.362 e. The summed E-state index contributed by atoms with van der Waals surface area (Å²) in [6, 6.07) is -0.454. The van der Waals surface area contributed by atoms with Gasteiger partial charge in [0, 0.05) is 12.5 Å². The Balaban J connectivity index is 2.61. The Morgan fingerprint density at radius 3 is 2.80 bits per heavy atom. The Labute approximate surface area is 57.7 Å². The minimum atomic E-state index is -3.96. The van der Waals surface area contributed by atoms with Crippen LogP contribution in [0.25, 0.3) is 0 Å². The molecule has 4 nitrogen and oxygen atoms in total. The summed E-state index contributed by atoms with van der Waals surface area (Å²) in [6.45, 7) is -0.0335. The maximum atomic E-state index is 12.5. The molecule has 6 heteroatoms. The van der Waals surface area contributed by atoms with Crippen LogP contribution in [-0.2, 0) is 9.09 Å². The number of hydrogen-bond acceptors (Lipinski definition) is 3. The van der Waals surface area contributed by atoms with Crippen molar-refractivity contribution in [1.82, 2.24) is 0 Å². The van der Waals surface area contributed by atoms with Gasteiger partial charge in [-0.05, 0) is 0 Å². The first-order valence-electron chi connectivity index (χ1n) is 2.89. The molecule has 1 fully saturated rings. The Bertz CT molecular complexity index is 176. The third-order valence-corrected chi connectivity index (χ3v) is 2.76. The molecule has 0 aliphatic carbocycles. The summed E-state index contributed by atoms with van der Waals surface area (Å²) in [5.41, 5.74) is 5.25. The Kier molecular flexibility index (Phi) is 2.10. The van der Waals surface area contributed by atoms with Crippen LogP contribution in [0.1, 0.15) is 6.42 Å². The number of halogens is 1. The van der Waals surface area contributed by atoms with Gasteiger partial charge >= 0.3 is 7.60 Å². The van der Waals surface area contributed by atoms with E-state index in [2.05, 4.69) is 4.52 Å². The molecule has 0 spiro atoms. The summed E-state index contributed by atoms with van der Waals surface area (Å²) < 4.78 is 27.4. The van der Waals surface area contributed by atoms with Crippen molar-refractivity contribution in [2.75, 3.05) is 6.61 Å². The highest BCUT2D eigenvalue weighted by Gasteiger charge is 2.38. The van der Waals surface area contributed by atoms with Crippen molar-refractivity contribution < 1.29 is 18.4 Å². The van der Waals surface area contributed by atoms with Crippen molar-refractivity contribution >= 4 is 7.60 Å². The molecule has 1 rings (SSSR count). The van der Waals surface area contributed by atoms with E-state index in [-0.39, 0.29) is 13.0 Å². The van der Waals surface area contributed by atoms with Crippen molar-refractivity contribution in [3.63, 3.8) is 0 Å². The molecule has 0 bridgehead atoms. The van der Waals surface area contributed by atoms with Gasteiger partial charge in [0.15, 0.2) is 0 Å². The highest BCUT2D eigenvalue weighted by atomic mass is 31.2. The van der Waals surface area contributed by atoms with Crippen molar-refractivity contribution in [2.24, 2.45) is 5.73 Å². The van der Waals surface area contributed by atoms with E-state index in [1.165, 1.54) is 0 Å². The van der Waals surface area contributed by atoms with Gasteiger partial charge in [-0.25, -0.2) is 4.39 Å². The molecule has 0 amide bonds. The third kappa shape index (κ3) is 1.55. The van der Waals surface area contributed by atoms with E-state index < -0.39 is 19.6 Å². The van der Waals surface area contributed by atoms with Crippen LogP contribution in [0.15, 0.2) is 0 Å². The molecule has 1 aliphatic rings. The van der Waals surface area contributed by atoms with Crippen LogP contribution in [0.5, 0.6) is 0 Å². The number of nitrogens with two attached hydrogens (primary N) is 1. The van der Waals surface area contributed by atoms with Crippen molar-refractivity contribution in [3.05, 3.63) is 0 Å². The molecule has 3 unspecified atom stereocenters. The van der Waals surface area contributed by atoms with Crippen molar-refractivity contribution in [3.8, 4) is 0 Å². The van der Waals surface area contributed by atoms with Crippen LogP contribution < -0.4 is 5.73 Å². The lowest BCUT2D eigenvalue weighted by Gasteiger charge is -2.25. The minimum Gasteiger partial charge on any atom is -0.326 e. The monoisotopic (exact) mass is 169 g/mol. The molecule has 10 heavy (non-hydrogen) atoms. The van der Waals surface area contributed by atoms with Gasteiger partial charge in [0.2, 0.25) is 5.91 Å². The standard InChI is InChI=1S/C4H9FNO3P/c5-4-1-3(6)2-9-10(4,7)8/h3-4H,1-2,6H2,(H,7,8). The van der Waals surface area contributed by atoms with Gasteiger partial charge in [-0.3, -0.25) is 4.57 Å². The van der Waals surface area contributed by atoms with Crippen LogP contribution in [0, 0.1) is 0 Å². The quantitative estimate of drug-likeness (QED) is 0.508. The molecule has 60 valence electrons. The predicted molar refractivity (Wildman–Crippen MR) is 33.3 cm³/mol. The van der Waals surface area contributed by atoms with Gasteiger partial charge in [0.25, 0.3) is 0 Å². The minimum absolute atomic E-state index is 0.0335. The molecule has 1 aliphatic heterocycles. The zero-order valence-electron chi connectivity index (χ0n) is 5.24. The molecule has 1 heterocycles. The molecule has 0 aromatic rings. The lowest BCUT2D eigenvalue weighted by atomic mass is 10.2. The molecule has 0 aromatic carbocycles. The second kappa shape index (κ2) is 2.58. The molecule has 0 radical (unpaired) electrons. The van der Waals surface area contributed by atoms with Crippen LogP contribution >= 0.6 is 7.60 Å². The van der Waals surface area contributed by atoms with Gasteiger partial charge in [0.05, 0.1) is 6.61 Å². The van der Waals surface area contributed by atoms with Crippen LogP contribution in [-0.4, -0.2) is 23.5 Å². The third-order valence-electron chi connectivity index (χ3n) is 1.32. The van der Waals surface area contributed by atoms with Crippen molar-refractivity contribution in [2.45, 2.75) is 18.4 Å². The van der Waals surface area contributed by atoms with Gasteiger partial charge < -0.3 is 15.2 Å². The zero-order chi connectivity index (χ0) is 7.78. The summed E-state index contributed by atoms with van der Waals surface area (Å²) in [5, 5.41) is 0. The fraction of sp³-hybridized carbons (Fsp3) is 1.00. The van der Waals surface area contributed by atoms with Crippen LogP contribution in [0.3, 0.4) is 0 Å². The normalized spacial score (nSPS) is 49.1. The number of hydrogen-bond donors (Lipinski definition) is 2. The molecule has 0 saturated carbocycles. The van der Waals surface area contributed by atoms with E-state index in [0.29, 0.717) is 0 Å². The van der Waals surface area contributed by atoms with E-state index in [0.717, 1.165) is 0 Å². The highest BCUT2D eigenvalue weighted by Crippen LogP contribution is 2.52. The predicted octanol–water partition coefficient (Wildman–Crippen LogP) is 0.215. The first-order valence-corrected chi connectivity index (χ1v) is 4.54. The Morgan fingerprint density at radius 1 is 1.80 bits per heavy atom.